The minimum atomic E-state index is 0.959. The largest absolute Gasteiger partial charge is 0.303 e. The number of fused-ring (bicyclic) bond motifs is 1. The Morgan fingerprint density at radius 3 is 2.08 bits per heavy atom. The van der Waals surface area contributed by atoms with E-state index in [0.717, 1.165) is 23.8 Å². The zero-order valence-corrected chi connectivity index (χ0v) is 8.00. The standard InChI is InChI=1S/C11H19N/c1-12-7-10-3-8-2-9(4-10)6-11(12)5-8/h8-11H,2-7H2,1H3. The van der Waals surface area contributed by atoms with Gasteiger partial charge in [0.1, 0.15) is 0 Å². The topological polar surface area (TPSA) is 3.24 Å². The molecule has 2 saturated heterocycles. The number of nitrogens with zero attached hydrogens (tertiary/aromatic N) is 1. The lowest BCUT2D eigenvalue weighted by Crippen LogP contribution is -2.35. The van der Waals surface area contributed by atoms with Crippen LogP contribution in [0.2, 0.25) is 0 Å². The maximum Gasteiger partial charge on any atom is 0.00976 e. The number of rotatable bonds is 0. The fourth-order valence-corrected chi connectivity index (χ4v) is 4.02. The van der Waals surface area contributed by atoms with Crippen LogP contribution in [0.5, 0.6) is 0 Å². The van der Waals surface area contributed by atoms with Gasteiger partial charge in [0.05, 0.1) is 0 Å². The van der Waals surface area contributed by atoms with Crippen LogP contribution in [0.4, 0.5) is 0 Å². The average molecular weight is 165 g/mol. The summed E-state index contributed by atoms with van der Waals surface area (Å²) in [6.45, 7) is 1.40. The molecular weight excluding hydrogens is 146 g/mol. The van der Waals surface area contributed by atoms with E-state index in [-0.39, 0.29) is 0 Å². The van der Waals surface area contributed by atoms with Crippen molar-refractivity contribution >= 4 is 0 Å². The molecule has 4 fully saturated rings. The second-order valence-corrected chi connectivity index (χ2v) is 5.37. The maximum atomic E-state index is 2.64. The van der Waals surface area contributed by atoms with Crippen molar-refractivity contribution in [2.24, 2.45) is 17.8 Å². The van der Waals surface area contributed by atoms with Gasteiger partial charge in [-0.1, -0.05) is 0 Å². The first-order valence-corrected chi connectivity index (χ1v) is 5.51. The molecule has 0 N–H and O–H groups in total. The minimum Gasteiger partial charge on any atom is -0.303 e. The van der Waals surface area contributed by atoms with E-state index < -0.39 is 0 Å². The van der Waals surface area contributed by atoms with Crippen LogP contribution in [0, 0.1) is 17.8 Å². The Kier molecular flexibility index (Phi) is 1.52. The molecule has 12 heavy (non-hydrogen) atoms. The SMILES string of the molecule is CN1CC2CC3CC(C2)CC1C3. The highest BCUT2D eigenvalue weighted by Gasteiger charge is 2.41. The molecular formula is C11H19N. The summed E-state index contributed by atoms with van der Waals surface area (Å²) in [5.41, 5.74) is 0. The molecule has 4 aliphatic rings. The predicted octanol–water partition coefficient (Wildman–Crippen LogP) is 2.13. The Balaban J connectivity index is 1.91. The minimum absolute atomic E-state index is 0.959. The van der Waals surface area contributed by atoms with Gasteiger partial charge in [0.2, 0.25) is 0 Å². The van der Waals surface area contributed by atoms with Crippen molar-refractivity contribution in [1.82, 2.24) is 4.90 Å². The monoisotopic (exact) mass is 165 g/mol. The van der Waals surface area contributed by atoms with E-state index in [2.05, 4.69) is 11.9 Å². The zero-order valence-electron chi connectivity index (χ0n) is 8.00. The Morgan fingerprint density at radius 2 is 1.42 bits per heavy atom. The van der Waals surface area contributed by atoms with Crippen LogP contribution in [0.3, 0.4) is 0 Å². The van der Waals surface area contributed by atoms with Crippen molar-refractivity contribution in [1.29, 1.82) is 0 Å². The summed E-state index contributed by atoms with van der Waals surface area (Å²) in [6, 6.07) is 0.959. The lowest BCUT2D eigenvalue weighted by molar-refractivity contribution is 0.137. The van der Waals surface area contributed by atoms with Crippen LogP contribution in [0.15, 0.2) is 0 Å². The first-order chi connectivity index (χ1) is 5.81. The molecule has 0 aromatic heterocycles. The normalized spacial score (nSPS) is 52.8. The summed E-state index contributed by atoms with van der Waals surface area (Å²) < 4.78 is 0. The van der Waals surface area contributed by atoms with Crippen LogP contribution >= 0.6 is 0 Å². The van der Waals surface area contributed by atoms with Gasteiger partial charge in [-0.25, -0.2) is 0 Å². The quantitative estimate of drug-likeness (QED) is 0.531. The summed E-state index contributed by atoms with van der Waals surface area (Å²) in [5.74, 6) is 3.28. The molecule has 0 aromatic carbocycles. The smallest absolute Gasteiger partial charge is 0.00976 e. The van der Waals surface area contributed by atoms with Gasteiger partial charge in [-0.15, -0.1) is 0 Å². The number of hydrogen-bond donors (Lipinski definition) is 0. The van der Waals surface area contributed by atoms with Crippen molar-refractivity contribution in [3.63, 3.8) is 0 Å². The zero-order chi connectivity index (χ0) is 8.13. The molecule has 2 saturated carbocycles. The lowest BCUT2D eigenvalue weighted by Gasteiger charge is -2.38. The molecule has 2 heterocycles. The van der Waals surface area contributed by atoms with Gasteiger partial charge >= 0.3 is 0 Å². The molecule has 4 rings (SSSR count). The second-order valence-electron chi connectivity index (χ2n) is 5.37. The van der Waals surface area contributed by atoms with Gasteiger partial charge in [-0.3, -0.25) is 0 Å². The van der Waals surface area contributed by atoms with Crippen molar-refractivity contribution in [2.45, 2.75) is 38.1 Å². The fraction of sp³-hybridized carbons (Fsp3) is 1.00. The van der Waals surface area contributed by atoms with E-state index in [1.54, 1.807) is 19.3 Å². The molecule has 1 nitrogen and oxygen atoms in total. The first kappa shape index (κ1) is 7.37. The summed E-state index contributed by atoms with van der Waals surface area (Å²) in [4.78, 5) is 2.64. The summed E-state index contributed by atoms with van der Waals surface area (Å²) in [6.07, 6.45) is 7.71. The van der Waals surface area contributed by atoms with Crippen LogP contribution in [0.25, 0.3) is 0 Å². The van der Waals surface area contributed by atoms with Crippen LogP contribution in [-0.2, 0) is 0 Å². The van der Waals surface area contributed by atoms with E-state index >= 15 is 0 Å². The van der Waals surface area contributed by atoms with Gasteiger partial charge in [0.25, 0.3) is 0 Å². The summed E-state index contributed by atoms with van der Waals surface area (Å²) in [5, 5.41) is 0. The molecule has 2 unspecified atom stereocenters. The van der Waals surface area contributed by atoms with Crippen LogP contribution in [-0.4, -0.2) is 24.5 Å². The van der Waals surface area contributed by atoms with E-state index in [4.69, 9.17) is 0 Å². The van der Waals surface area contributed by atoms with E-state index in [0.29, 0.717) is 0 Å². The predicted molar refractivity (Wildman–Crippen MR) is 50.0 cm³/mol. The van der Waals surface area contributed by atoms with E-state index in [1.807, 2.05) is 0 Å². The van der Waals surface area contributed by atoms with Gasteiger partial charge in [0.15, 0.2) is 0 Å². The van der Waals surface area contributed by atoms with Crippen LogP contribution in [0.1, 0.15) is 32.1 Å². The Labute approximate surface area is 75.1 Å². The van der Waals surface area contributed by atoms with Crippen molar-refractivity contribution in [3.05, 3.63) is 0 Å². The third-order valence-electron chi connectivity index (χ3n) is 4.38. The Bertz CT molecular complexity index is 175. The molecule has 68 valence electrons. The van der Waals surface area contributed by atoms with Crippen molar-refractivity contribution in [2.75, 3.05) is 13.6 Å². The van der Waals surface area contributed by atoms with Crippen molar-refractivity contribution in [3.8, 4) is 0 Å². The van der Waals surface area contributed by atoms with E-state index in [9.17, 15) is 0 Å². The Hall–Kier alpha value is -0.0400. The highest BCUT2D eigenvalue weighted by atomic mass is 15.1. The summed E-state index contributed by atoms with van der Waals surface area (Å²) >= 11 is 0. The van der Waals surface area contributed by atoms with Gasteiger partial charge in [-0.05, 0) is 56.9 Å². The maximum absolute atomic E-state index is 2.64. The lowest BCUT2D eigenvalue weighted by atomic mass is 9.68. The average Bonchev–Trinajstić information content (AvgIpc) is 2.16. The second kappa shape index (κ2) is 2.47. The molecule has 4 bridgehead atoms. The molecule has 0 radical (unpaired) electrons. The third-order valence-corrected chi connectivity index (χ3v) is 4.38. The molecule has 0 amide bonds. The molecule has 0 aromatic rings. The van der Waals surface area contributed by atoms with Gasteiger partial charge in [-0.2, -0.15) is 0 Å². The third kappa shape index (κ3) is 1.02. The van der Waals surface area contributed by atoms with Crippen molar-refractivity contribution < 1.29 is 0 Å². The molecule has 1 heteroatoms. The highest BCUT2D eigenvalue weighted by molar-refractivity contribution is 4.94. The first-order valence-electron chi connectivity index (χ1n) is 5.51. The molecule has 0 spiro atoms. The number of hydrogen-bond acceptors (Lipinski definition) is 1. The highest BCUT2D eigenvalue weighted by Crippen LogP contribution is 2.46. The van der Waals surface area contributed by atoms with Crippen LogP contribution < -0.4 is 0 Å². The molecule has 2 atom stereocenters. The fourth-order valence-electron chi connectivity index (χ4n) is 4.02. The Morgan fingerprint density at radius 1 is 0.833 bits per heavy atom. The summed E-state index contributed by atoms with van der Waals surface area (Å²) in [7, 11) is 2.34. The molecule has 2 aliphatic carbocycles. The van der Waals surface area contributed by atoms with Gasteiger partial charge < -0.3 is 4.90 Å². The molecule has 2 aliphatic heterocycles. The van der Waals surface area contributed by atoms with Gasteiger partial charge in [0, 0.05) is 12.6 Å². The van der Waals surface area contributed by atoms with E-state index in [1.165, 1.54) is 19.4 Å².